The number of hydrogen-bond acceptors (Lipinski definition) is 4. The molecular weight excluding hydrogens is 146 g/mol. The Kier molecular flexibility index (Phi) is 4.25. The first kappa shape index (κ1) is 10.6. The van der Waals surface area contributed by atoms with Crippen LogP contribution in [0.2, 0.25) is 0 Å². The van der Waals surface area contributed by atoms with Gasteiger partial charge in [-0.15, -0.1) is 0 Å². The molecule has 0 aliphatic carbocycles. The molecule has 0 heterocycles. The van der Waals surface area contributed by atoms with E-state index in [0.717, 1.165) is 0 Å². The Morgan fingerprint density at radius 1 is 1.36 bits per heavy atom. The number of aliphatic hydroxyl groups is 2. The Labute approximate surface area is 66.3 Å². The average molecular weight is 161 g/mol. The summed E-state index contributed by atoms with van der Waals surface area (Å²) in [6.07, 6.45) is -2.48. The van der Waals surface area contributed by atoms with Gasteiger partial charge in [0, 0.05) is 7.11 Å². The minimum atomic E-state index is -1.12. The van der Waals surface area contributed by atoms with E-state index in [1.165, 1.54) is 14.0 Å². The van der Waals surface area contributed by atoms with Crippen LogP contribution in [0, 0.1) is 5.41 Å². The van der Waals surface area contributed by atoms with Crippen molar-refractivity contribution >= 4 is 5.71 Å². The maximum absolute atomic E-state index is 9.14. The molecule has 3 atom stereocenters. The lowest BCUT2D eigenvalue weighted by atomic mass is 10.1. The van der Waals surface area contributed by atoms with Crippen LogP contribution in [0.4, 0.5) is 0 Å². The zero-order valence-electron chi connectivity index (χ0n) is 7.03. The van der Waals surface area contributed by atoms with E-state index in [9.17, 15) is 0 Å². The molecule has 0 aromatic carbocycles. The van der Waals surface area contributed by atoms with E-state index in [2.05, 4.69) is 0 Å². The lowest BCUT2D eigenvalue weighted by Gasteiger charge is -2.18. The molecule has 0 radical (unpaired) electrons. The molecule has 11 heavy (non-hydrogen) atoms. The number of nitrogens with one attached hydrogen (secondary N) is 1. The van der Waals surface area contributed by atoms with Crippen LogP contribution in [0.15, 0.2) is 0 Å². The molecule has 0 fully saturated rings. The Bertz CT molecular complexity index is 136. The second kappa shape index (κ2) is 4.43. The van der Waals surface area contributed by atoms with Gasteiger partial charge in [-0.2, -0.15) is 0 Å². The highest BCUT2D eigenvalue weighted by atomic mass is 16.5. The summed E-state index contributed by atoms with van der Waals surface area (Å²) in [4.78, 5) is 0. The van der Waals surface area contributed by atoms with Crippen molar-refractivity contribution in [1.82, 2.24) is 0 Å². The summed E-state index contributed by atoms with van der Waals surface area (Å²) in [6.45, 7) is 3.08. The Morgan fingerprint density at radius 2 is 1.82 bits per heavy atom. The van der Waals surface area contributed by atoms with Gasteiger partial charge in [0.05, 0.1) is 17.9 Å². The number of methoxy groups -OCH3 is 1. The van der Waals surface area contributed by atoms with Crippen molar-refractivity contribution < 1.29 is 14.9 Å². The lowest BCUT2D eigenvalue weighted by molar-refractivity contribution is 0.0617. The number of ether oxygens (including phenoxy) is 1. The van der Waals surface area contributed by atoms with E-state index < -0.39 is 18.3 Å². The predicted octanol–water partition coefficient (Wildman–Crippen LogP) is -0.217. The summed E-state index contributed by atoms with van der Waals surface area (Å²) < 4.78 is 4.79. The van der Waals surface area contributed by atoms with Crippen LogP contribution >= 0.6 is 0 Å². The quantitative estimate of drug-likeness (QED) is 0.499. The standard InChI is InChI=1S/C7H15NO3/c1-4(9)7(10)6(8)5(2)11-3/h4-5,7-10H,1-3H3/t4?,5-,7?/m0/s1. The Balaban J connectivity index is 4.02. The third kappa shape index (κ3) is 2.96. The summed E-state index contributed by atoms with van der Waals surface area (Å²) in [5, 5.41) is 25.3. The van der Waals surface area contributed by atoms with Gasteiger partial charge in [0.25, 0.3) is 0 Å². The molecule has 0 saturated heterocycles. The molecular formula is C7H15NO3. The first-order valence-electron chi connectivity index (χ1n) is 3.48. The van der Waals surface area contributed by atoms with Gasteiger partial charge in [-0.05, 0) is 13.8 Å². The molecule has 66 valence electrons. The highest BCUT2D eigenvalue weighted by molar-refractivity contribution is 5.89. The molecule has 0 aromatic heterocycles. The van der Waals surface area contributed by atoms with E-state index in [4.69, 9.17) is 20.4 Å². The summed E-state index contributed by atoms with van der Waals surface area (Å²) in [5.41, 5.74) is 0.00231. The van der Waals surface area contributed by atoms with Crippen molar-refractivity contribution in [2.24, 2.45) is 0 Å². The van der Waals surface area contributed by atoms with E-state index >= 15 is 0 Å². The topological polar surface area (TPSA) is 73.5 Å². The fraction of sp³-hybridized carbons (Fsp3) is 0.857. The zero-order chi connectivity index (χ0) is 9.02. The van der Waals surface area contributed by atoms with Crippen molar-refractivity contribution in [3.63, 3.8) is 0 Å². The van der Waals surface area contributed by atoms with Crippen molar-refractivity contribution in [1.29, 1.82) is 5.41 Å². The minimum Gasteiger partial charge on any atom is -0.390 e. The molecule has 0 rings (SSSR count). The Morgan fingerprint density at radius 3 is 2.09 bits per heavy atom. The van der Waals surface area contributed by atoms with Crippen molar-refractivity contribution in [3.8, 4) is 0 Å². The largest absolute Gasteiger partial charge is 0.390 e. The van der Waals surface area contributed by atoms with Gasteiger partial charge in [0.1, 0.15) is 6.10 Å². The van der Waals surface area contributed by atoms with Gasteiger partial charge in [-0.3, -0.25) is 0 Å². The monoisotopic (exact) mass is 161 g/mol. The van der Waals surface area contributed by atoms with E-state index in [1.54, 1.807) is 6.92 Å². The lowest BCUT2D eigenvalue weighted by Crippen LogP contribution is -2.38. The first-order chi connectivity index (χ1) is 5.00. The average Bonchev–Trinajstić information content (AvgIpc) is 2.00. The molecule has 0 bridgehead atoms. The summed E-state index contributed by atoms with van der Waals surface area (Å²) in [6, 6.07) is 0. The van der Waals surface area contributed by atoms with Crippen molar-refractivity contribution in [3.05, 3.63) is 0 Å². The molecule has 2 unspecified atom stereocenters. The highest BCUT2D eigenvalue weighted by Gasteiger charge is 2.21. The molecule has 0 saturated carbocycles. The van der Waals surface area contributed by atoms with Crippen LogP contribution < -0.4 is 0 Å². The minimum absolute atomic E-state index is 0.00231. The number of hydrogen-bond donors (Lipinski definition) is 3. The van der Waals surface area contributed by atoms with E-state index in [0.29, 0.717) is 0 Å². The van der Waals surface area contributed by atoms with Gasteiger partial charge >= 0.3 is 0 Å². The van der Waals surface area contributed by atoms with Gasteiger partial charge in [0.2, 0.25) is 0 Å². The zero-order valence-corrected chi connectivity index (χ0v) is 7.03. The molecule has 0 spiro atoms. The molecule has 0 aromatic rings. The summed E-state index contributed by atoms with van der Waals surface area (Å²) in [7, 11) is 1.45. The van der Waals surface area contributed by atoms with Gasteiger partial charge < -0.3 is 20.4 Å². The van der Waals surface area contributed by atoms with Crippen LogP contribution in [0.25, 0.3) is 0 Å². The molecule has 0 aliphatic rings. The predicted molar refractivity (Wildman–Crippen MR) is 41.9 cm³/mol. The fourth-order valence-corrected chi connectivity index (χ4v) is 0.627. The number of aliphatic hydroxyl groups excluding tert-OH is 2. The fourth-order valence-electron chi connectivity index (χ4n) is 0.627. The molecule has 0 amide bonds. The van der Waals surface area contributed by atoms with Gasteiger partial charge in [-0.1, -0.05) is 0 Å². The van der Waals surface area contributed by atoms with E-state index in [-0.39, 0.29) is 5.71 Å². The van der Waals surface area contributed by atoms with Crippen LogP contribution in [0.1, 0.15) is 13.8 Å². The molecule has 3 N–H and O–H groups in total. The van der Waals surface area contributed by atoms with Crippen molar-refractivity contribution in [2.75, 3.05) is 7.11 Å². The third-order valence-corrected chi connectivity index (χ3v) is 1.57. The SMILES string of the molecule is CO[C@@H](C)C(=N)C(O)C(C)O. The number of rotatable bonds is 4. The first-order valence-corrected chi connectivity index (χ1v) is 3.48. The third-order valence-electron chi connectivity index (χ3n) is 1.57. The van der Waals surface area contributed by atoms with Crippen LogP contribution in [0.5, 0.6) is 0 Å². The van der Waals surface area contributed by atoms with Gasteiger partial charge in [-0.25, -0.2) is 0 Å². The maximum Gasteiger partial charge on any atom is 0.119 e. The second-order valence-corrected chi connectivity index (χ2v) is 2.52. The van der Waals surface area contributed by atoms with E-state index in [1.807, 2.05) is 0 Å². The highest BCUT2D eigenvalue weighted by Crippen LogP contribution is 2.00. The maximum atomic E-state index is 9.14. The Hall–Kier alpha value is -0.450. The second-order valence-electron chi connectivity index (χ2n) is 2.52. The molecule has 4 heteroatoms. The normalized spacial score (nSPS) is 19.0. The van der Waals surface area contributed by atoms with Gasteiger partial charge in [0.15, 0.2) is 0 Å². The van der Waals surface area contributed by atoms with Crippen LogP contribution in [0.3, 0.4) is 0 Å². The van der Waals surface area contributed by atoms with Crippen LogP contribution in [-0.4, -0.2) is 41.3 Å². The summed E-state index contributed by atoms with van der Waals surface area (Å²) >= 11 is 0. The smallest absolute Gasteiger partial charge is 0.119 e. The molecule has 4 nitrogen and oxygen atoms in total. The van der Waals surface area contributed by atoms with Crippen LogP contribution in [-0.2, 0) is 4.74 Å². The van der Waals surface area contributed by atoms with Crippen molar-refractivity contribution in [2.45, 2.75) is 32.2 Å². The summed E-state index contributed by atoms with van der Waals surface area (Å²) in [5.74, 6) is 0. The molecule has 0 aliphatic heterocycles.